The lowest BCUT2D eigenvalue weighted by Gasteiger charge is -2.28. The van der Waals surface area contributed by atoms with Crippen molar-refractivity contribution in [2.45, 2.75) is 38.4 Å². The molecule has 2 N–H and O–H groups in total. The summed E-state index contributed by atoms with van der Waals surface area (Å²) in [6.45, 7) is 0.0880. The number of rotatable bonds is 6. The Morgan fingerprint density at radius 3 is 2.81 bits per heavy atom. The van der Waals surface area contributed by atoms with Gasteiger partial charge in [-0.1, -0.05) is 54.4 Å². The van der Waals surface area contributed by atoms with Crippen LogP contribution >= 0.6 is 11.6 Å². The third-order valence-electron chi connectivity index (χ3n) is 5.79. The van der Waals surface area contributed by atoms with E-state index < -0.39 is 6.10 Å². The van der Waals surface area contributed by atoms with Gasteiger partial charge in [0.05, 0.1) is 23.0 Å². The second-order valence-corrected chi connectivity index (χ2v) is 8.38. The Hall–Kier alpha value is -3.23. The average molecular weight is 452 g/mol. The number of carbonyl (C=O) groups is 1. The van der Waals surface area contributed by atoms with E-state index in [0.29, 0.717) is 28.7 Å². The molecule has 0 spiro atoms. The van der Waals surface area contributed by atoms with Crippen LogP contribution in [0.5, 0.6) is 0 Å². The van der Waals surface area contributed by atoms with Crippen LogP contribution in [0.25, 0.3) is 17.2 Å². The first-order valence-corrected chi connectivity index (χ1v) is 11.0. The van der Waals surface area contributed by atoms with E-state index in [1.54, 1.807) is 6.08 Å². The number of aromatic nitrogens is 4. The Bertz CT molecular complexity index is 1270. The largest absolute Gasteiger partial charge is 0.365 e. The van der Waals surface area contributed by atoms with Crippen LogP contribution in [0.15, 0.2) is 64.1 Å². The first kappa shape index (κ1) is 20.7. The monoisotopic (exact) mass is 451 g/mol. The van der Waals surface area contributed by atoms with Crippen LogP contribution in [0.2, 0.25) is 0 Å². The van der Waals surface area contributed by atoms with Crippen molar-refractivity contribution in [2.75, 3.05) is 0 Å². The van der Waals surface area contributed by atoms with Crippen molar-refractivity contribution >= 4 is 23.3 Å². The maximum atomic E-state index is 12.6. The number of H-pyrrole nitrogens is 1. The van der Waals surface area contributed by atoms with Gasteiger partial charge in [0.2, 0.25) is 5.91 Å². The average Bonchev–Trinajstić information content (AvgIpc) is 3.18. The minimum atomic E-state index is -0.421. The normalized spacial score (nSPS) is 18.7. The molecule has 1 atom stereocenters. The van der Waals surface area contributed by atoms with Gasteiger partial charge in [-0.25, -0.2) is 4.98 Å². The van der Waals surface area contributed by atoms with E-state index in [2.05, 4.69) is 20.4 Å². The molecule has 9 heteroatoms. The molecule has 8 nitrogen and oxygen atoms in total. The van der Waals surface area contributed by atoms with Crippen LogP contribution in [-0.2, 0) is 16.1 Å². The molecule has 5 rings (SSSR count). The Kier molecular flexibility index (Phi) is 5.63. The Morgan fingerprint density at radius 2 is 2.06 bits per heavy atom. The fourth-order valence-corrected chi connectivity index (χ4v) is 4.02. The SMILES string of the molecule is O=C(NC1=C(Cl)C=CCC1OCc1cc(=O)n2[nH]c(-c3ccccc3)nc2n1)C1CCC1. The molecule has 2 aromatic heterocycles. The number of hydrogen-bond acceptors (Lipinski definition) is 5. The number of benzene rings is 1. The van der Waals surface area contributed by atoms with Crippen LogP contribution in [-0.4, -0.2) is 31.6 Å². The number of ether oxygens (including phenoxy) is 1. The summed E-state index contributed by atoms with van der Waals surface area (Å²) in [6, 6.07) is 10.9. The predicted molar refractivity (Wildman–Crippen MR) is 120 cm³/mol. The summed E-state index contributed by atoms with van der Waals surface area (Å²) in [5, 5.41) is 6.38. The van der Waals surface area contributed by atoms with Crippen LogP contribution in [0.3, 0.4) is 0 Å². The lowest BCUT2D eigenvalue weighted by Crippen LogP contribution is -2.39. The van der Waals surface area contributed by atoms with E-state index >= 15 is 0 Å². The van der Waals surface area contributed by atoms with E-state index in [-0.39, 0.29) is 29.8 Å². The highest BCUT2D eigenvalue weighted by molar-refractivity contribution is 6.31. The molecular weight excluding hydrogens is 430 g/mol. The molecule has 2 aliphatic rings. The number of nitrogens with zero attached hydrogens (tertiary/aromatic N) is 3. The van der Waals surface area contributed by atoms with E-state index in [1.165, 1.54) is 10.6 Å². The van der Waals surface area contributed by atoms with Crippen LogP contribution < -0.4 is 10.9 Å². The zero-order chi connectivity index (χ0) is 22.1. The summed E-state index contributed by atoms with van der Waals surface area (Å²) in [6.07, 6.45) is 6.70. The van der Waals surface area contributed by atoms with Crippen molar-refractivity contribution in [3.63, 3.8) is 0 Å². The zero-order valence-corrected chi connectivity index (χ0v) is 18.0. The molecular formula is C23H22ClN5O3. The smallest absolute Gasteiger partial charge is 0.274 e. The number of fused-ring (bicyclic) bond motifs is 1. The minimum absolute atomic E-state index is 0.0175. The van der Waals surface area contributed by atoms with Crippen molar-refractivity contribution in [3.8, 4) is 11.4 Å². The molecule has 1 unspecified atom stereocenters. The summed E-state index contributed by atoms with van der Waals surface area (Å²) in [5.41, 5.74) is 1.60. The molecule has 0 bridgehead atoms. The minimum Gasteiger partial charge on any atom is -0.365 e. The highest BCUT2D eigenvalue weighted by Crippen LogP contribution is 2.29. The van der Waals surface area contributed by atoms with Gasteiger partial charge in [-0.2, -0.15) is 9.50 Å². The van der Waals surface area contributed by atoms with Crippen molar-refractivity contribution in [2.24, 2.45) is 5.92 Å². The number of amides is 1. The molecule has 0 saturated heterocycles. The quantitative estimate of drug-likeness (QED) is 0.598. The number of nitrogens with one attached hydrogen (secondary N) is 2. The van der Waals surface area contributed by atoms with Gasteiger partial charge in [-0.15, -0.1) is 0 Å². The van der Waals surface area contributed by atoms with Crippen LogP contribution in [0.4, 0.5) is 0 Å². The topological polar surface area (TPSA) is 101 Å². The van der Waals surface area contributed by atoms with Crippen molar-refractivity contribution in [3.05, 3.63) is 75.3 Å². The maximum absolute atomic E-state index is 12.6. The van der Waals surface area contributed by atoms with Gasteiger partial charge < -0.3 is 10.1 Å². The first-order valence-electron chi connectivity index (χ1n) is 10.6. The third kappa shape index (κ3) is 4.11. The molecule has 2 heterocycles. The van der Waals surface area contributed by atoms with Gasteiger partial charge in [0.1, 0.15) is 6.10 Å². The molecule has 3 aromatic rings. The van der Waals surface area contributed by atoms with E-state index in [0.717, 1.165) is 24.8 Å². The highest BCUT2D eigenvalue weighted by atomic mass is 35.5. The first-order chi connectivity index (χ1) is 15.6. The van der Waals surface area contributed by atoms with Crippen molar-refractivity contribution < 1.29 is 9.53 Å². The maximum Gasteiger partial charge on any atom is 0.274 e. The molecule has 1 saturated carbocycles. The molecule has 32 heavy (non-hydrogen) atoms. The zero-order valence-electron chi connectivity index (χ0n) is 17.3. The van der Waals surface area contributed by atoms with Gasteiger partial charge in [-0.3, -0.25) is 14.7 Å². The third-order valence-corrected chi connectivity index (χ3v) is 6.12. The Labute approximate surface area is 189 Å². The number of carbonyl (C=O) groups excluding carboxylic acids is 1. The predicted octanol–water partition coefficient (Wildman–Crippen LogP) is 3.30. The molecule has 2 aliphatic carbocycles. The summed E-state index contributed by atoms with van der Waals surface area (Å²) >= 11 is 6.35. The Balaban J connectivity index is 1.33. The standard InChI is InChI=1S/C23H22ClN5O3/c24-17-10-5-11-18(20(17)26-22(31)15-8-4-9-15)32-13-16-12-19(30)29-23(25-16)27-21(28-29)14-6-2-1-3-7-14/h1-3,5-7,10,12,15,18H,4,8-9,11,13H2,(H,26,31)(H,25,27,28). The molecule has 0 aliphatic heterocycles. The number of aromatic amines is 1. The molecule has 164 valence electrons. The lowest BCUT2D eigenvalue weighted by molar-refractivity contribution is -0.127. The summed E-state index contributed by atoms with van der Waals surface area (Å²) in [4.78, 5) is 33.9. The lowest BCUT2D eigenvalue weighted by atomic mass is 9.84. The second-order valence-electron chi connectivity index (χ2n) is 7.98. The van der Waals surface area contributed by atoms with Gasteiger partial charge in [0.25, 0.3) is 11.3 Å². The molecule has 0 radical (unpaired) electrons. The summed E-state index contributed by atoms with van der Waals surface area (Å²) in [7, 11) is 0. The fourth-order valence-electron chi connectivity index (χ4n) is 3.77. The molecule has 1 amide bonds. The van der Waals surface area contributed by atoms with Crippen molar-refractivity contribution in [1.82, 2.24) is 24.9 Å². The Morgan fingerprint density at radius 1 is 1.25 bits per heavy atom. The molecule has 1 fully saturated rings. The van der Waals surface area contributed by atoms with E-state index in [9.17, 15) is 9.59 Å². The van der Waals surface area contributed by atoms with Crippen molar-refractivity contribution in [1.29, 1.82) is 0 Å². The fraction of sp³-hybridized carbons (Fsp3) is 0.304. The summed E-state index contributed by atoms with van der Waals surface area (Å²) in [5.74, 6) is 0.851. The van der Waals surface area contributed by atoms with E-state index in [4.69, 9.17) is 16.3 Å². The number of allylic oxidation sites excluding steroid dienone is 2. The summed E-state index contributed by atoms with van der Waals surface area (Å²) < 4.78 is 7.32. The van der Waals surface area contributed by atoms with Crippen LogP contribution in [0, 0.1) is 5.92 Å². The van der Waals surface area contributed by atoms with E-state index in [1.807, 2.05) is 36.4 Å². The number of halogens is 1. The van der Waals surface area contributed by atoms with Gasteiger partial charge in [-0.05, 0) is 25.3 Å². The second kappa shape index (κ2) is 8.72. The molecule has 1 aromatic carbocycles. The number of hydrogen-bond donors (Lipinski definition) is 2. The van der Waals surface area contributed by atoms with Gasteiger partial charge in [0, 0.05) is 17.5 Å². The van der Waals surface area contributed by atoms with Crippen LogP contribution in [0.1, 0.15) is 31.4 Å². The highest BCUT2D eigenvalue weighted by Gasteiger charge is 2.29. The van der Waals surface area contributed by atoms with Gasteiger partial charge >= 0.3 is 0 Å². The van der Waals surface area contributed by atoms with Gasteiger partial charge in [0.15, 0.2) is 5.82 Å².